The zero-order valence-corrected chi connectivity index (χ0v) is 13.0. The Morgan fingerprint density at radius 1 is 1.21 bits per heavy atom. The summed E-state index contributed by atoms with van der Waals surface area (Å²) >= 11 is 0. The Morgan fingerprint density at radius 3 is 2.47 bits per heavy atom. The Morgan fingerprint density at radius 2 is 1.89 bits per heavy atom. The van der Waals surface area contributed by atoms with Crippen molar-refractivity contribution in [3.8, 4) is 0 Å². The van der Waals surface area contributed by atoms with E-state index in [1.54, 1.807) is 0 Å². The SMILES string of the molecule is CCN(CC)CCCNc1cc(C)nc(C(C)C)n1. The highest BCUT2D eigenvalue weighted by molar-refractivity contribution is 5.36. The maximum Gasteiger partial charge on any atom is 0.133 e. The van der Waals surface area contributed by atoms with Crippen molar-refractivity contribution in [3.63, 3.8) is 0 Å². The van der Waals surface area contributed by atoms with E-state index in [1.807, 2.05) is 13.0 Å². The lowest BCUT2D eigenvalue weighted by Crippen LogP contribution is -2.25. The summed E-state index contributed by atoms with van der Waals surface area (Å²) in [5, 5.41) is 3.41. The van der Waals surface area contributed by atoms with Crippen LogP contribution in [-0.4, -0.2) is 41.0 Å². The molecule has 0 bridgehead atoms. The number of anilines is 1. The summed E-state index contributed by atoms with van der Waals surface area (Å²) in [6.45, 7) is 15.0. The Balaban J connectivity index is 2.45. The first-order valence-corrected chi connectivity index (χ1v) is 7.38. The van der Waals surface area contributed by atoms with Crippen LogP contribution in [0.1, 0.15) is 51.6 Å². The minimum atomic E-state index is 0.371. The van der Waals surface area contributed by atoms with E-state index in [-0.39, 0.29) is 0 Å². The van der Waals surface area contributed by atoms with E-state index < -0.39 is 0 Å². The molecule has 0 fully saturated rings. The maximum absolute atomic E-state index is 4.55. The molecule has 1 N–H and O–H groups in total. The molecule has 19 heavy (non-hydrogen) atoms. The summed E-state index contributed by atoms with van der Waals surface area (Å²) in [7, 11) is 0. The van der Waals surface area contributed by atoms with Crippen molar-refractivity contribution in [1.82, 2.24) is 14.9 Å². The summed E-state index contributed by atoms with van der Waals surface area (Å²) < 4.78 is 0. The lowest BCUT2D eigenvalue weighted by atomic mass is 10.2. The number of hydrogen-bond donors (Lipinski definition) is 1. The zero-order valence-electron chi connectivity index (χ0n) is 13.0. The fourth-order valence-corrected chi connectivity index (χ4v) is 2.00. The van der Waals surface area contributed by atoms with Gasteiger partial charge in [-0.3, -0.25) is 0 Å². The second-order valence-corrected chi connectivity index (χ2v) is 5.21. The van der Waals surface area contributed by atoms with Crippen LogP contribution in [0.4, 0.5) is 5.82 Å². The van der Waals surface area contributed by atoms with Gasteiger partial charge < -0.3 is 10.2 Å². The van der Waals surface area contributed by atoms with Gasteiger partial charge in [0.25, 0.3) is 0 Å². The minimum Gasteiger partial charge on any atom is -0.370 e. The van der Waals surface area contributed by atoms with Gasteiger partial charge in [-0.2, -0.15) is 0 Å². The monoisotopic (exact) mass is 264 g/mol. The normalized spacial score (nSPS) is 11.3. The first-order valence-electron chi connectivity index (χ1n) is 7.38. The fourth-order valence-electron chi connectivity index (χ4n) is 2.00. The van der Waals surface area contributed by atoms with Crippen LogP contribution < -0.4 is 5.32 Å². The molecule has 0 aliphatic heterocycles. The van der Waals surface area contributed by atoms with Gasteiger partial charge in [0.05, 0.1) is 0 Å². The molecular formula is C15H28N4. The van der Waals surface area contributed by atoms with Gasteiger partial charge in [-0.05, 0) is 33.0 Å². The summed E-state index contributed by atoms with van der Waals surface area (Å²) in [4.78, 5) is 11.4. The van der Waals surface area contributed by atoms with Gasteiger partial charge in [0, 0.05) is 24.2 Å². The number of hydrogen-bond acceptors (Lipinski definition) is 4. The van der Waals surface area contributed by atoms with Crippen LogP contribution in [-0.2, 0) is 0 Å². The third-order valence-corrected chi connectivity index (χ3v) is 3.24. The second-order valence-electron chi connectivity index (χ2n) is 5.21. The molecule has 1 rings (SSSR count). The first kappa shape index (κ1) is 15.9. The van der Waals surface area contributed by atoms with Crippen LogP contribution in [0.5, 0.6) is 0 Å². The largest absolute Gasteiger partial charge is 0.370 e. The van der Waals surface area contributed by atoms with E-state index in [0.717, 1.165) is 49.9 Å². The molecular weight excluding hydrogens is 236 g/mol. The lowest BCUT2D eigenvalue weighted by Gasteiger charge is -2.18. The highest BCUT2D eigenvalue weighted by Crippen LogP contribution is 2.13. The van der Waals surface area contributed by atoms with Gasteiger partial charge in [-0.1, -0.05) is 27.7 Å². The number of aryl methyl sites for hydroxylation is 1. The van der Waals surface area contributed by atoms with Crippen LogP contribution in [0, 0.1) is 6.92 Å². The van der Waals surface area contributed by atoms with Crippen molar-refractivity contribution in [3.05, 3.63) is 17.6 Å². The summed E-state index contributed by atoms with van der Waals surface area (Å²) in [5.41, 5.74) is 1.03. The molecule has 0 unspecified atom stereocenters. The van der Waals surface area contributed by atoms with Crippen molar-refractivity contribution in [2.75, 3.05) is 31.5 Å². The van der Waals surface area contributed by atoms with Crippen LogP contribution in [0.25, 0.3) is 0 Å². The van der Waals surface area contributed by atoms with Crippen LogP contribution in [0.15, 0.2) is 6.07 Å². The molecule has 0 radical (unpaired) electrons. The summed E-state index contributed by atoms with van der Waals surface area (Å²) in [6, 6.07) is 2.02. The molecule has 0 aliphatic carbocycles. The van der Waals surface area contributed by atoms with Crippen molar-refractivity contribution >= 4 is 5.82 Å². The van der Waals surface area contributed by atoms with Crippen molar-refractivity contribution in [1.29, 1.82) is 0 Å². The van der Waals surface area contributed by atoms with E-state index >= 15 is 0 Å². The van der Waals surface area contributed by atoms with Crippen LogP contribution in [0.3, 0.4) is 0 Å². The quantitative estimate of drug-likeness (QED) is 0.733. The molecule has 0 atom stereocenters. The minimum absolute atomic E-state index is 0.371. The van der Waals surface area contributed by atoms with Gasteiger partial charge in [0.2, 0.25) is 0 Å². The van der Waals surface area contributed by atoms with Gasteiger partial charge in [0.15, 0.2) is 0 Å². The Kier molecular flexibility index (Phi) is 6.78. The molecule has 108 valence electrons. The molecule has 0 spiro atoms. The van der Waals surface area contributed by atoms with Gasteiger partial charge in [-0.15, -0.1) is 0 Å². The molecule has 1 aromatic heterocycles. The smallest absolute Gasteiger partial charge is 0.133 e. The fraction of sp³-hybridized carbons (Fsp3) is 0.733. The Bertz CT molecular complexity index is 372. The predicted molar refractivity (Wildman–Crippen MR) is 81.8 cm³/mol. The number of nitrogens with one attached hydrogen (secondary N) is 1. The highest BCUT2D eigenvalue weighted by Gasteiger charge is 2.06. The molecule has 0 amide bonds. The third-order valence-electron chi connectivity index (χ3n) is 3.24. The highest BCUT2D eigenvalue weighted by atomic mass is 15.1. The maximum atomic E-state index is 4.55. The van der Waals surface area contributed by atoms with Crippen LogP contribution in [0.2, 0.25) is 0 Å². The molecule has 0 saturated carbocycles. The average Bonchev–Trinajstić information content (AvgIpc) is 2.38. The van der Waals surface area contributed by atoms with E-state index in [9.17, 15) is 0 Å². The topological polar surface area (TPSA) is 41.0 Å². The molecule has 4 nitrogen and oxygen atoms in total. The molecule has 0 aliphatic rings. The Labute approximate surface area is 117 Å². The molecule has 4 heteroatoms. The third kappa shape index (κ3) is 5.55. The Hall–Kier alpha value is -1.16. The first-order chi connectivity index (χ1) is 9.06. The van der Waals surface area contributed by atoms with Gasteiger partial charge in [0.1, 0.15) is 11.6 Å². The molecule has 1 heterocycles. The van der Waals surface area contributed by atoms with E-state index in [1.165, 1.54) is 0 Å². The average molecular weight is 264 g/mol. The van der Waals surface area contributed by atoms with Crippen LogP contribution >= 0.6 is 0 Å². The number of aromatic nitrogens is 2. The van der Waals surface area contributed by atoms with E-state index in [2.05, 4.69) is 47.9 Å². The van der Waals surface area contributed by atoms with E-state index in [4.69, 9.17) is 0 Å². The van der Waals surface area contributed by atoms with E-state index in [0.29, 0.717) is 5.92 Å². The number of rotatable bonds is 8. The standard InChI is InChI=1S/C15H28N4/c1-6-19(7-2)10-8-9-16-14-11-13(5)17-15(18-14)12(3)4/h11-12H,6-10H2,1-5H3,(H,16,17,18). The zero-order chi connectivity index (χ0) is 14.3. The second kappa shape index (κ2) is 8.10. The summed E-state index contributed by atoms with van der Waals surface area (Å²) in [5.74, 6) is 2.25. The molecule has 0 saturated heterocycles. The van der Waals surface area contributed by atoms with Crippen molar-refractivity contribution < 1.29 is 0 Å². The number of nitrogens with zero attached hydrogens (tertiary/aromatic N) is 3. The van der Waals surface area contributed by atoms with Gasteiger partial charge in [-0.25, -0.2) is 9.97 Å². The predicted octanol–water partition coefficient (Wildman–Crippen LogP) is 3.05. The van der Waals surface area contributed by atoms with Gasteiger partial charge >= 0.3 is 0 Å². The molecule has 0 aromatic carbocycles. The van der Waals surface area contributed by atoms with Crippen molar-refractivity contribution in [2.45, 2.75) is 47.0 Å². The molecule has 1 aromatic rings. The van der Waals surface area contributed by atoms with Crippen molar-refractivity contribution in [2.24, 2.45) is 0 Å². The summed E-state index contributed by atoms with van der Waals surface area (Å²) in [6.07, 6.45) is 1.14. The lowest BCUT2D eigenvalue weighted by molar-refractivity contribution is 0.303.